The fraction of sp³-hybridized carbons (Fsp3) is 0.207. The van der Waals surface area contributed by atoms with E-state index in [1.165, 1.54) is 16.9 Å². The highest BCUT2D eigenvalue weighted by Crippen LogP contribution is 2.46. The van der Waals surface area contributed by atoms with Crippen molar-refractivity contribution in [2.75, 3.05) is 10.2 Å². The summed E-state index contributed by atoms with van der Waals surface area (Å²) in [6.45, 7) is 0. The first-order valence-electron chi connectivity index (χ1n) is 12.0. The molecule has 38 heavy (non-hydrogen) atoms. The van der Waals surface area contributed by atoms with Crippen LogP contribution in [0, 0.1) is 34.0 Å². The SMILES string of the molecule is N#CC(C#N)=C(Nc1ccccc1)S[C@@H]1CC(=O)N(c2sc3c(c2C#N)CC[C@H](c2ccccc2)C3)C1=O. The number of carbonyl (C=O) groups is 2. The van der Waals surface area contributed by atoms with E-state index in [-0.39, 0.29) is 17.0 Å². The Kier molecular flexibility index (Phi) is 7.29. The second-order valence-electron chi connectivity index (χ2n) is 8.94. The Morgan fingerprint density at radius 1 is 0.974 bits per heavy atom. The summed E-state index contributed by atoms with van der Waals surface area (Å²) in [7, 11) is 0. The molecule has 1 aromatic heterocycles. The summed E-state index contributed by atoms with van der Waals surface area (Å²) in [6.07, 6.45) is 2.28. The van der Waals surface area contributed by atoms with Crippen molar-refractivity contribution in [3.63, 3.8) is 0 Å². The van der Waals surface area contributed by atoms with Gasteiger partial charge >= 0.3 is 0 Å². The van der Waals surface area contributed by atoms with Crippen LogP contribution in [-0.2, 0) is 22.4 Å². The molecule has 0 radical (unpaired) electrons. The summed E-state index contributed by atoms with van der Waals surface area (Å²) < 4.78 is 0. The number of hydrogen-bond donors (Lipinski definition) is 1. The van der Waals surface area contributed by atoms with Crippen molar-refractivity contribution in [3.05, 3.63) is 92.8 Å². The lowest BCUT2D eigenvalue weighted by molar-refractivity contribution is -0.121. The van der Waals surface area contributed by atoms with E-state index >= 15 is 0 Å². The normalized spacial score (nSPS) is 18.2. The second-order valence-corrected chi connectivity index (χ2v) is 11.2. The van der Waals surface area contributed by atoms with Gasteiger partial charge < -0.3 is 5.32 Å². The van der Waals surface area contributed by atoms with Crippen molar-refractivity contribution in [2.24, 2.45) is 0 Å². The van der Waals surface area contributed by atoms with E-state index in [4.69, 9.17) is 0 Å². The predicted octanol–water partition coefficient (Wildman–Crippen LogP) is 5.63. The Morgan fingerprint density at radius 2 is 1.66 bits per heavy atom. The lowest BCUT2D eigenvalue weighted by atomic mass is 9.83. The fourth-order valence-electron chi connectivity index (χ4n) is 4.84. The van der Waals surface area contributed by atoms with Crippen LogP contribution in [0.15, 0.2) is 71.3 Å². The van der Waals surface area contributed by atoms with Crippen molar-refractivity contribution < 1.29 is 9.59 Å². The number of benzene rings is 2. The molecule has 9 heteroatoms. The number of nitriles is 3. The molecule has 1 N–H and O–H groups in total. The predicted molar refractivity (Wildman–Crippen MR) is 147 cm³/mol. The molecular weight excluding hydrogens is 514 g/mol. The van der Waals surface area contributed by atoms with E-state index in [1.807, 2.05) is 36.4 Å². The van der Waals surface area contributed by atoms with Gasteiger partial charge in [-0.25, -0.2) is 4.90 Å². The number of rotatable bonds is 6. The molecule has 3 aromatic rings. The van der Waals surface area contributed by atoms with Crippen molar-refractivity contribution in [1.29, 1.82) is 15.8 Å². The van der Waals surface area contributed by atoms with E-state index < -0.39 is 17.1 Å². The molecule has 1 aliphatic heterocycles. The summed E-state index contributed by atoms with van der Waals surface area (Å²) in [5, 5.41) is 31.8. The number of nitrogens with zero attached hydrogens (tertiary/aromatic N) is 4. The van der Waals surface area contributed by atoms with Gasteiger partial charge in [-0.2, -0.15) is 15.8 Å². The fourth-order valence-corrected chi connectivity index (χ4v) is 7.34. The van der Waals surface area contributed by atoms with Gasteiger partial charge in [-0.05, 0) is 48.4 Å². The van der Waals surface area contributed by atoms with Gasteiger partial charge in [0, 0.05) is 17.0 Å². The van der Waals surface area contributed by atoms with Gasteiger partial charge in [-0.1, -0.05) is 60.3 Å². The van der Waals surface area contributed by atoms with Gasteiger partial charge in [0.05, 0.1) is 10.8 Å². The Labute approximate surface area is 228 Å². The number of imide groups is 1. The van der Waals surface area contributed by atoms with E-state index in [2.05, 4.69) is 23.5 Å². The minimum absolute atomic E-state index is 0.0896. The van der Waals surface area contributed by atoms with Crippen molar-refractivity contribution >= 4 is 45.6 Å². The first-order valence-corrected chi connectivity index (χ1v) is 13.7. The van der Waals surface area contributed by atoms with E-state index in [0.717, 1.165) is 39.9 Å². The molecule has 7 nitrogen and oxygen atoms in total. The zero-order valence-electron chi connectivity index (χ0n) is 20.2. The smallest absolute Gasteiger partial charge is 0.248 e. The molecule has 5 rings (SSSR count). The van der Waals surface area contributed by atoms with E-state index in [9.17, 15) is 25.4 Å². The number of para-hydroxylation sites is 1. The van der Waals surface area contributed by atoms with Crippen LogP contribution in [0.4, 0.5) is 10.7 Å². The maximum absolute atomic E-state index is 13.5. The summed E-state index contributed by atoms with van der Waals surface area (Å²) in [6, 6.07) is 25.2. The van der Waals surface area contributed by atoms with Crippen LogP contribution in [0.3, 0.4) is 0 Å². The number of anilines is 2. The largest absolute Gasteiger partial charge is 0.349 e. The van der Waals surface area contributed by atoms with E-state index in [1.54, 1.807) is 24.3 Å². The number of thioether (sulfide) groups is 1. The van der Waals surface area contributed by atoms with Gasteiger partial charge in [0.1, 0.15) is 28.2 Å². The van der Waals surface area contributed by atoms with Crippen LogP contribution in [0.1, 0.15) is 40.3 Å². The number of thiophene rings is 1. The minimum Gasteiger partial charge on any atom is -0.349 e. The summed E-state index contributed by atoms with van der Waals surface area (Å²) >= 11 is 2.34. The lowest BCUT2D eigenvalue weighted by Gasteiger charge is -2.22. The highest BCUT2D eigenvalue weighted by Gasteiger charge is 2.43. The third-order valence-corrected chi connectivity index (χ3v) is 9.11. The Morgan fingerprint density at radius 3 is 2.32 bits per heavy atom. The number of hydrogen-bond acceptors (Lipinski definition) is 8. The number of fused-ring (bicyclic) bond motifs is 1. The van der Waals surface area contributed by atoms with Crippen molar-refractivity contribution in [3.8, 4) is 18.2 Å². The van der Waals surface area contributed by atoms with Gasteiger partial charge in [-0.3, -0.25) is 9.59 Å². The summed E-state index contributed by atoms with van der Waals surface area (Å²) in [4.78, 5) is 28.8. The lowest BCUT2D eigenvalue weighted by Crippen LogP contribution is -2.31. The number of carbonyl (C=O) groups excluding carboxylic acids is 2. The Bertz CT molecular complexity index is 1540. The molecule has 0 bridgehead atoms. The monoisotopic (exact) mass is 535 g/mol. The molecule has 0 spiro atoms. The molecule has 186 valence electrons. The maximum Gasteiger partial charge on any atom is 0.248 e. The molecule has 1 saturated heterocycles. The average Bonchev–Trinajstić information content (AvgIpc) is 3.44. The van der Waals surface area contributed by atoms with Gasteiger partial charge in [-0.15, -0.1) is 11.3 Å². The topological polar surface area (TPSA) is 121 Å². The molecule has 2 heterocycles. The number of amides is 2. The molecule has 0 saturated carbocycles. The first-order chi connectivity index (χ1) is 18.5. The Hall–Kier alpha value is -4.36. The molecular formula is C29H21N5O2S2. The molecule has 2 amide bonds. The molecule has 1 fully saturated rings. The van der Waals surface area contributed by atoms with Crippen LogP contribution >= 0.6 is 23.1 Å². The average molecular weight is 536 g/mol. The van der Waals surface area contributed by atoms with Crippen molar-refractivity contribution in [2.45, 2.75) is 36.9 Å². The minimum atomic E-state index is -0.826. The molecule has 2 aromatic carbocycles. The number of nitrogens with one attached hydrogen (secondary N) is 1. The quantitative estimate of drug-likeness (QED) is 0.321. The third-order valence-electron chi connectivity index (χ3n) is 6.68. The zero-order chi connectivity index (χ0) is 26.6. The molecule has 2 atom stereocenters. The molecule has 2 aliphatic rings. The first kappa shape index (κ1) is 25.3. The van der Waals surface area contributed by atoms with Crippen LogP contribution in [0.5, 0.6) is 0 Å². The zero-order valence-corrected chi connectivity index (χ0v) is 21.8. The Balaban J connectivity index is 1.42. The highest BCUT2D eigenvalue weighted by atomic mass is 32.2. The second kappa shape index (κ2) is 10.9. The standard InChI is InChI=1S/C29H21N5O2S2/c30-15-20(16-31)27(33-21-9-5-2-6-10-21)37-25-14-26(35)34(28(25)36)29-23(17-32)22-12-11-19(13-24(22)38-29)18-7-3-1-4-8-18/h1-10,19,25,33H,11-14H2/t19-,25+/m0/s1. The molecule has 0 unspecified atom stereocenters. The van der Waals surface area contributed by atoms with Crippen molar-refractivity contribution in [1.82, 2.24) is 0 Å². The van der Waals surface area contributed by atoms with Gasteiger partial charge in [0.15, 0.2) is 5.57 Å². The van der Waals surface area contributed by atoms with Gasteiger partial charge in [0.2, 0.25) is 11.8 Å². The summed E-state index contributed by atoms with van der Waals surface area (Å²) in [5.41, 5.74) is 3.05. The van der Waals surface area contributed by atoms with Gasteiger partial charge in [0.25, 0.3) is 0 Å². The highest BCUT2D eigenvalue weighted by molar-refractivity contribution is 8.04. The maximum atomic E-state index is 13.5. The molecule has 1 aliphatic carbocycles. The van der Waals surface area contributed by atoms with Crippen LogP contribution in [-0.4, -0.2) is 17.1 Å². The van der Waals surface area contributed by atoms with Crippen LogP contribution in [0.25, 0.3) is 0 Å². The number of allylic oxidation sites excluding steroid dienone is 1. The summed E-state index contributed by atoms with van der Waals surface area (Å²) in [5.74, 6) is -0.517. The van der Waals surface area contributed by atoms with Crippen LogP contribution < -0.4 is 10.2 Å². The van der Waals surface area contributed by atoms with E-state index in [0.29, 0.717) is 28.6 Å². The third kappa shape index (κ3) is 4.80. The van der Waals surface area contributed by atoms with Crippen LogP contribution in [0.2, 0.25) is 0 Å².